The molecule has 1 atom stereocenters. The van der Waals surface area contributed by atoms with Crippen LogP contribution in [0.4, 0.5) is 10.1 Å². The van der Waals surface area contributed by atoms with Gasteiger partial charge in [-0.3, -0.25) is 4.68 Å². The first kappa shape index (κ1) is 21.9. The highest BCUT2D eigenvalue weighted by molar-refractivity contribution is 6.28. The second-order valence-electron chi connectivity index (χ2n) is 6.28. The van der Waals surface area contributed by atoms with Crippen molar-refractivity contribution in [3.8, 4) is 5.88 Å². The van der Waals surface area contributed by atoms with Crippen LogP contribution in [0.25, 0.3) is 11.0 Å². The van der Waals surface area contributed by atoms with Crippen LogP contribution in [-0.2, 0) is 13.1 Å². The topological polar surface area (TPSA) is 83.8 Å². The van der Waals surface area contributed by atoms with Gasteiger partial charge >= 0.3 is 0 Å². The molecule has 2 N–H and O–H groups in total. The molecular formula is C19H28ClFN6O. The highest BCUT2D eigenvalue weighted by Crippen LogP contribution is 2.25. The number of rotatable bonds is 7. The Labute approximate surface area is 169 Å². The van der Waals surface area contributed by atoms with Gasteiger partial charge in [-0.2, -0.15) is 4.98 Å². The number of anilines is 1. The molecule has 9 heteroatoms. The standard InChI is InChI=1S/C17H22ClFN6O.C2H6/c1-4-5-25-11(3)14(20)16(23-25)26-9-12(19)8-24-7-10(2)13-6-21-17(18)22-15(13)24;1-2/h6-7,12H,4-5,8-9,20H2,1-3H3;1-2H3. The summed E-state index contributed by atoms with van der Waals surface area (Å²) in [6.45, 7) is 10.5. The summed E-state index contributed by atoms with van der Waals surface area (Å²) in [7, 11) is 0. The second-order valence-corrected chi connectivity index (χ2v) is 6.61. The van der Waals surface area contributed by atoms with E-state index in [0.29, 0.717) is 11.3 Å². The molecule has 28 heavy (non-hydrogen) atoms. The van der Waals surface area contributed by atoms with Crippen molar-refractivity contribution in [1.29, 1.82) is 0 Å². The summed E-state index contributed by atoms with van der Waals surface area (Å²) < 4.78 is 23.5. The SMILES string of the molecule is CC.CCCn1nc(OCC(F)Cn2cc(C)c3cnc(Cl)nc32)c(N)c1C. The monoisotopic (exact) mass is 410 g/mol. The normalized spacial score (nSPS) is 12.0. The van der Waals surface area contributed by atoms with Crippen molar-refractivity contribution >= 4 is 28.3 Å². The van der Waals surface area contributed by atoms with E-state index < -0.39 is 6.17 Å². The lowest BCUT2D eigenvalue weighted by Gasteiger charge is -2.11. The van der Waals surface area contributed by atoms with Crippen LogP contribution in [0.2, 0.25) is 5.28 Å². The molecule has 154 valence electrons. The molecule has 0 spiro atoms. The Kier molecular flexibility index (Phi) is 7.62. The van der Waals surface area contributed by atoms with Crippen LogP contribution in [0.1, 0.15) is 38.4 Å². The lowest BCUT2D eigenvalue weighted by atomic mass is 10.3. The van der Waals surface area contributed by atoms with Crippen LogP contribution in [0.3, 0.4) is 0 Å². The molecule has 0 aliphatic carbocycles. The number of aryl methyl sites for hydroxylation is 2. The lowest BCUT2D eigenvalue weighted by molar-refractivity contribution is 0.174. The number of nitrogen functional groups attached to an aromatic ring is 1. The van der Waals surface area contributed by atoms with Gasteiger partial charge in [0.15, 0.2) is 6.17 Å². The van der Waals surface area contributed by atoms with Crippen LogP contribution in [0.15, 0.2) is 12.4 Å². The Morgan fingerprint density at radius 2 is 2.04 bits per heavy atom. The number of halogens is 2. The van der Waals surface area contributed by atoms with E-state index in [4.69, 9.17) is 22.1 Å². The third-order valence-corrected chi connectivity index (χ3v) is 4.42. The molecule has 0 radical (unpaired) electrons. The van der Waals surface area contributed by atoms with Gasteiger partial charge in [0.2, 0.25) is 5.28 Å². The lowest BCUT2D eigenvalue weighted by Crippen LogP contribution is -2.20. The van der Waals surface area contributed by atoms with Crippen LogP contribution in [0, 0.1) is 13.8 Å². The van der Waals surface area contributed by atoms with E-state index in [-0.39, 0.29) is 24.3 Å². The van der Waals surface area contributed by atoms with E-state index in [1.165, 1.54) is 0 Å². The molecule has 0 saturated carbocycles. The number of hydrogen-bond donors (Lipinski definition) is 1. The summed E-state index contributed by atoms with van der Waals surface area (Å²) >= 11 is 5.86. The first-order valence-electron chi connectivity index (χ1n) is 9.48. The maximum atomic E-state index is 14.5. The molecule has 0 fully saturated rings. The van der Waals surface area contributed by atoms with Gasteiger partial charge in [0.1, 0.15) is 17.9 Å². The molecule has 1 unspecified atom stereocenters. The van der Waals surface area contributed by atoms with E-state index >= 15 is 0 Å². The van der Waals surface area contributed by atoms with Gasteiger partial charge in [0, 0.05) is 24.3 Å². The predicted octanol–water partition coefficient (Wildman–Crippen LogP) is 4.33. The van der Waals surface area contributed by atoms with Crippen LogP contribution >= 0.6 is 11.6 Å². The van der Waals surface area contributed by atoms with Crippen LogP contribution < -0.4 is 10.5 Å². The van der Waals surface area contributed by atoms with Crippen LogP contribution in [0.5, 0.6) is 5.88 Å². The van der Waals surface area contributed by atoms with Gasteiger partial charge in [-0.15, -0.1) is 5.10 Å². The number of nitrogens with two attached hydrogens (primary N) is 1. The number of alkyl halides is 1. The van der Waals surface area contributed by atoms with Crippen molar-refractivity contribution in [2.45, 2.75) is 60.3 Å². The third kappa shape index (κ3) is 4.73. The van der Waals surface area contributed by atoms with Crippen molar-refractivity contribution in [3.63, 3.8) is 0 Å². The molecule has 0 saturated heterocycles. The van der Waals surface area contributed by atoms with E-state index in [0.717, 1.165) is 29.6 Å². The molecule has 0 aliphatic rings. The Balaban J connectivity index is 0.00000136. The van der Waals surface area contributed by atoms with Gasteiger partial charge in [0.25, 0.3) is 5.88 Å². The summed E-state index contributed by atoms with van der Waals surface area (Å²) in [6.07, 6.45) is 3.15. The van der Waals surface area contributed by atoms with E-state index in [1.54, 1.807) is 15.4 Å². The summed E-state index contributed by atoms with van der Waals surface area (Å²) in [5.74, 6) is 0.275. The zero-order valence-electron chi connectivity index (χ0n) is 17.0. The molecule has 0 amide bonds. The minimum atomic E-state index is -1.25. The number of ether oxygens (including phenoxy) is 1. The minimum absolute atomic E-state index is 0.0895. The number of fused-ring (bicyclic) bond motifs is 1. The van der Waals surface area contributed by atoms with Crippen molar-refractivity contribution < 1.29 is 9.13 Å². The molecule has 3 aromatic rings. The van der Waals surface area contributed by atoms with Crippen molar-refractivity contribution in [1.82, 2.24) is 24.3 Å². The van der Waals surface area contributed by atoms with Gasteiger partial charge in [-0.05, 0) is 37.4 Å². The molecule has 3 aromatic heterocycles. The largest absolute Gasteiger partial charge is 0.472 e. The Bertz CT molecular complexity index is 923. The molecule has 0 bridgehead atoms. The Hall–Kier alpha value is -2.35. The summed E-state index contributed by atoms with van der Waals surface area (Å²) in [4.78, 5) is 8.16. The van der Waals surface area contributed by atoms with Crippen molar-refractivity contribution in [2.75, 3.05) is 12.3 Å². The quantitative estimate of drug-likeness (QED) is 0.586. The zero-order valence-corrected chi connectivity index (χ0v) is 17.8. The second kappa shape index (κ2) is 9.73. The summed E-state index contributed by atoms with van der Waals surface area (Å²) in [5, 5.41) is 5.28. The predicted molar refractivity (Wildman–Crippen MR) is 111 cm³/mol. The molecular weight excluding hydrogens is 383 g/mol. The van der Waals surface area contributed by atoms with Crippen molar-refractivity contribution in [3.05, 3.63) is 28.9 Å². The van der Waals surface area contributed by atoms with Crippen molar-refractivity contribution in [2.24, 2.45) is 0 Å². The van der Waals surface area contributed by atoms with E-state index in [9.17, 15) is 4.39 Å². The minimum Gasteiger partial charge on any atom is -0.472 e. The van der Waals surface area contributed by atoms with Crippen LogP contribution in [-0.4, -0.2) is 37.1 Å². The smallest absolute Gasteiger partial charge is 0.256 e. The zero-order chi connectivity index (χ0) is 20.8. The molecule has 0 aliphatic heterocycles. The number of hydrogen-bond acceptors (Lipinski definition) is 5. The molecule has 3 rings (SSSR count). The first-order valence-corrected chi connectivity index (χ1v) is 9.86. The fourth-order valence-electron chi connectivity index (χ4n) is 2.86. The Morgan fingerprint density at radius 3 is 2.71 bits per heavy atom. The van der Waals surface area contributed by atoms with Gasteiger partial charge < -0.3 is 15.0 Å². The van der Waals surface area contributed by atoms with Gasteiger partial charge in [-0.25, -0.2) is 9.37 Å². The fraction of sp³-hybridized carbons (Fsp3) is 0.526. The highest BCUT2D eigenvalue weighted by Gasteiger charge is 2.17. The maximum absolute atomic E-state index is 14.5. The number of aromatic nitrogens is 5. The summed E-state index contributed by atoms with van der Waals surface area (Å²) in [6, 6.07) is 0. The Morgan fingerprint density at radius 1 is 1.32 bits per heavy atom. The average Bonchev–Trinajstić information content (AvgIpc) is 3.13. The molecule has 7 nitrogen and oxygen atoms in total. The fourth-order valence-corrected chi connectivity index (χ4v) is 2.99. The maximum Gasteiger partial charge on any atom is 0.256 e. The average molecular weight is 411 g/mol. The summed E-state index contributed by atoms with van der Waals surface area (Å²) in [5.41, 5.74) is 8.85. The first-order chi connectivity index (χ1) is 13.4. The molecule has 0 aromatic carbocycles. The third-order valence-electron chi connectivity index (χ3n) is 4.24. The van der Waals surface area contributed by atoms with Gasteiger partial charge in [0.05, 0.1) is 12.2 Å². The van der Waals surface area contributed by atoms with E-state index in [1.807, 2.05) is 33.9 Å². The van der Waals surface area contributed by atoms with Gasteiger partial charge in [-0.1, -0.05) is 20.8 Å². The van der Waals surface area contributed by atoms with E-state index in [2.05, 4.69) is 22.0 Å². The molecule has 3 heterocycles. The highest BCUT2D eigenvalue weighted by atomic mass is 35.5. The number of nitrogens with zero attached hydrogens (tertiary/aromatic N) is 5.